The lowest BCUT2D eigenvalue weighted by atomic mass is 10.1. The van der Waals surface area contributed by atoms with Gasteiger partial charge in [0.05, 0.1) is 6.20 Å². The number of aromatic amines is 1. The Bertz CT molecular complexity index is 574. The molecule has 0 atom stereocenters. The van der Waals surface area contributed by atoms with Crippen LogP contribution in [0.25, 0.3) is 0 Å². The fourth-order valence-electron chi connectivity index (χ4n) is 3.00. The van der Waals surface area contributed by atoms with Crippen molar-refractivity contribution in [3.05, 3.63) is 11.8 Å². The van der Waals surface area contributed by atoms with E-state index in [9.17, 15) is 8.42 Å². The second-order valence-electron chi connectivity index (χ2n) is 6.32. The van der Waals surface area contributed by atoms with Crippen molar-refractivity contribution < 1.29 is 8.42 Å². The number of hydrogen-bond acceptors (Lipinski definition) is 4. The van der Waals surface area contributed by atoms with Crippen LogP contribution in [0, 0.1) is 5.92 Å². The smallest absolute Gasteiger partial charge is 0.260 e. The van der Waals surface area contributed by atoms with Gasteiger partial charge in [-0.05, 0) is 31.6 Å². The van der Waals surface area contributed by atoms with Crippen LogP contribution in [0.4, 0.5) is 0 Å². The molecule has 2 aliphatic rings. The van der Waals surface area contributed by atoms with E-state index in [-0.39, 0.29) is 5.03 Å². The molecule has 2 N–H and O–H groups in total. The summed E-state index contributed by atoms with van der Waals surface area (Å²) in [5.74, 6) is 0.501. The molecule has 0 aliphatic heterocycles. The third-order valence-corrected chi connectivity index (χ3v) is 6.33. The van der Waals surface area contributed by atoms with Gasteiger partial charge in [-0.15, -0.1) is 0 Å². The number of nitrogens with one attached hydrogen (secondary N) is 2. The predicted octanol–water partition coefficient (Wildman–Crippen LogP) is 1.47. The molecule has 0 unspecified atom stereocenters. The van der Waals surface area contributed by atoms with Crippen LogP contribution in [0.15, 0.2) is 11.2 Å². The molecule has 0 radical (unpaired) electrons. The van der Waals surface area contributed by atoms with E-state index in [1.807, 2.05) is 0 Å². The first-order valence-corrected chi connectivity index (χ1v) is 9.23. The number of H-pyrrole nitrogens is 1. The van der Waals surface area contributed by atoms with Crippen LogP contribution >= 0.6 is 0 Å². The molecular weight excluding hydrogens is 288 g/mol. The first-order valence-electron chi connectivity index (χ1n) is 7.79. The summed E-state index contributed by atoms with van der Waals surface area (Å²) in [5.41, 5.74) is 0.736. The van der Waals surface area contributed by atoms with E-state index < -0.39 is 10.0 Å². The van der Waals surface area contributed by atoms with E-state index in [0.29, 0.717) is 25.0 Å². The zero-order chi connectivity index (χ0) is 14.9. The summed E-state index contributed by atoms with van der Waals surface area (Å²) in [6.45, 7) is 1.17. The molecule has 6 nitrogen and oxygen atoms in total. The molecule has 2 fully saturated rings. The molecule has 0 amide bonds. The molecule has 2 saturated carbocycles. The number of sulfonamides is 1. The zero-order valence-corrected chi connectivity index (χ0v) is 13.3. The van der Waals surface area contributed by atoms with E-state index in [0.717, 1.165) is 18.4 Å². The average molecular weight is 312 g/mol. The van der Waals surface area contributed by atoms with Crippen LogP contribution in [0.3, 0.4) is 0 Å². The molecule has 1 heterocycles. The molecule has 0 aromatic carbocycles. The average Bonchev–Trinajstić information content (AvgIpc) is 2.93. The van der Waals surface area contributed by atoms with Gasteiger partial charge in [0.25, 0.3) is 10.0 Å². The first kappa shape index (κ1) is 15.0. The maximum absolute atomic E-state index is 12.7. The van der Waals surface area contributed by atoms with E-state index >= 15 is 0 Å². The Morgan fingerprint density at radius 3 is 2.71 bits per heavy atom. The van der Waals surface area contributed by atoms with Crippen LogP contribution in [0.1, 0.15) is 44.1 Å². The molecule has 2 aliphatic carbocycles. The summed E-state index contributed by atoms with van der Waals surface area (Å²) in [5, 5.41) is 10.2. The van der Waals surface area contributed by atoms with Crippen LogP contribution in [-0.2, 0) is 16.6 Å². The van der Waals surface area contributed by atoms with Crippen molar-refractivity contribution in [2.45, 2.75) is 56.1 Å². The maximum atomic E-state index is 12.7. The van der Waals surface area contributed by atoms with Gasteiger partial charge in [-0.25, -0.2) is 8.42 Å². The largest absolute Gasteiger partial charge is 0.310 e. The summed E-state index contributed by atoms with van der Waals surface area (Å²) in [6, 6.07) is 0.548. The monoisotopic (exact) mass is 312 g/mol. The molecule has 118 valence electrons. The highest BCUT2D eigenvalue weighted by atomic mass is 32.2. The summed E-state index contributed by atoms with van der Waals surface area (Å²) < 4.78 is 26.9. The molecule has 7 heteroatoms. The van der Waals surface area contributed by atoms with Gasteiger partial charge in [-0.1, -0.05) is 12.8 Å². The lowest BCUT2D eigenvalue weighted by Gasteiger charge is -2.20. The first-order chi connectivity index (χ1) is 10.1. The van der Waals surface area contributed by atoms with E-state index in [1.165, 1.54) is 30.0 Å². The molecule has 21 heavy (non-hydrogen) atoms. The predicted molar refractivity (Wildman–Crippen MR) is 80.2 cm³/mol. The van der Waals surface area contributed by atoms with Gasteiger partial charge in [0.1, 0.15) is 0 Å². The van der Waals surface area contributed by atoms with Crippen molar-refractivity contribution in [1.82, 2.24) is 19.8 Å². The van der Waals surface area contributed by atoms with Crippen LogP contribution in [0.2, 0.25) is 0 Å². The Morgan fingerprint density at radius 2 is 2.05 bits per heavy atom. The van der Waals surface area contributed by atoms with E-state index in [4.69, 9.17) is 0 Å². The molecule has 0 spiro atoms. The summed E-state index contributed by atoms with van der Waals surface area (Å²) in [6.07, 6.45) is 8.70. The van der Waals surface area contributed by atoms with Gasteiger partial charge in [0.2, 0.25) is 0 Å². The van der Waals surface area contributed by atoms with Crippen molar-refractivity contribution >= 4 is 10.0 Å². The minimum Gasteiger partial charge on any atom is -0.310 e. The lowest BCUT2D eigenvalue weighted by Crippen LogP contribution is -2.32. The highest BCUT2D eigenvalue weighted by Crippen LogP contribution is 2.27. The van der Waals surface area contributed by atoms with Crippen LogP contribution in [-0.4, -0.2) is 42.6 Å². The summed E-state index contributed by atoms with van der Waals surface area (Å²) in [7, 11) is -1.79. The highest BCUT2D eigenvalue weighted by molar-refractivity contribution is 7.89. The Morgan fingerprint density at radius 1 is 1.33 bits per heavy atom. The second kappa shape index (κ2) is 6.06. The van der Waals surface area contributed by atoms with Crippen molar-refractivity contribution in [3.8, 4) is 0 Å². The third-order valence-electron chi connectivity index (χ3n) is 4.49. The normalized spacial score (nSPS) is 20.5. The van der Waals surface area contributed by atoms with Gasteiger partial charge in [0.15, 0.2) is 5.03 Å². The minimum atomic E-state index is -3.47. The van der Waals surface area contributed by atoms with Crippen LogP contribution < -0.4 is 5.32 Å². The van der Waals surface area contributed by atoms with Crippen molar-refractivity contribution in [2.75, 3.05) is 13.6 Å². The molecular formula is C14H24N4O2S. The standard InChI is InChI=1S/C14H24N4O2S/c1-18(10-11-4-2-3-5-11)21(19,20)14-12(9-16-17-14)8-15-13-6-7-13/h9,11,13,15H,2-8,10H2,1H3,(H,16,17). The van der Waals surface area contributed by atoms with Gasteiger partial charge in [-0.2, -0.15) is 9.40 Å². The third kappa shape index (κ3) is 3.46. The SMILES string of the molecule is CN(CC1CCCC1)S(=O)(=O)c1[nH]ncc1CNC1CC1. The maximum Gasteiger partial charge on any atom is 0.260 e. The lowest BCUT2D eigenvalue weighted by molar-refractivity contribution is 0.385. The number of nitrogens with zero attached hydrogens (tertiary/aromatic N) is 2. The Labute approximate surface area is 126 Å². The van der Waals surface area contributed by atoms with Gasteiger partial charge in [-0.3, -0.25) is 5.10 Å². The highest BCUT2D eigenvalue weighted by Gasteiger charge is 2.29. The number of hydrogen-bond donors (Lipinski definition) is 2. The zero-order valence-electron chi connectivity index (χ0n) is 12.5. The fraction of sp³-hybridized carbons (Fsp3) is 0.786. The van der Waals surface area contributed by atoms with E-state index in [1.54, 1.807) is 13.2 Å². The van der Waals surface area contributed by atoms with Crippen molar-refractivity contribution in [2.24, 2.45) is 5.92 Å². The Balaban J connectivity index is 1.69. The van der Waals surface area contributed by atoms with Crippen molar-refractivity contribution in [1.29, 1.82) is 0 Å². The van der Waals surface area contributed by atoms with E-state index in [2.05, 4.69) is 15.5 Å². The molecule has 0 saturated heterocycles. The Hall–Kier alpha value is -0.920. The summed E-state index contributed by atoms with van der Waals surface area (Å²) >= 11 is 0. The minimum absolute atomic E-state index is 0.246. The molecule has 0 bridgehead atoms. The summed E-state index contributed by atoms with van der Waals surface area (Å²) in [4.78, 5) is 0. The van der Waals surface area contributed by atoms with Gasteiger partial charge < -0.3 is 5.32 Å². The Kier molecular flexibility index (Phi) is 4.33. The number of rotatable bonds is 7. The fourth-order valence-corrected chi connectivity index (χ4v) is 4.34. The topological polar surface area (TPSA) is 78.1 Å². The molecule has 1 aromatic rings. The quantitative estimate of drug-likeness (QED) is 0.799. The molecule has 3 rings (SSSR count). The number of aromatic nitrogens is 2. The van der Waals surface area contributed by atoms with Gasteiger partial charge in [0, 0.05) is 31.7 Å². The van der Waals surface area contributed by atoms with Gasteiger partial charge >= 0.3 is 0 Å². The molecule has 1 aromatic heterocycles. The van der Waals surface area contributed by atoms with Crippen LogP contribution in [0.5, 0.6) is 0 Å². The second-order valence-corrected chi connectivity index (χ2v) is 8.30. The van der Waals surface area contributed by atoms with Crippen molar-refractivity contribution in [3.63, 3.8) is 0 Å².